The van der Waals surface area contributed by atoms with Crippen molar-refractivity contribution in [2.75, 3.05) is 19.5 Å². The van der Waals surface area contributed by atoms with E-state index in [4.69, 9.17) is 4.74 Å². The normalized spacial score (nSPS) is 9.00. The van der Waals surface area contributed by atoms with E-state index in [1.54, 1.807) is 14.2 Å². The molecule has 1 aromatic heterocycles. The highest BCUT2D eigenvalue weighted by molar-refractivity contribution is 5.43. The molecule has 0 saturated heterocycles. The molecule has 0 aliphatic rings. The van der Waals surface area contributed by atoms with Gasteiger partial charge >= 0.3 is 0 Å². The fraction of sp³-hybridized carbons (Fsp3) is 0.333. The van der Waals surface area contributed by atoms with Crippen LogP contribution < -0.4 is 10.1 Å². The first-order valence-corrected chi connectivity index (χ1v) is 2.83. The van der Waals surface area contributed by atoms with Crippen LogP contribution in [0.2, 0.25) is 0 Å². The highest BCUT2D eigenvalue weighted by Gasteiger charge is 1.99. The molecule has 1 N–H and O–H groups in total. The van der Waals surface area contributed by atoms with Gasteiger partial charge in [-0.05, 0) is 0 Å². The second-order valence-corrected chi connectivity index (χ2v) is 1.61. The standard InChI is InChI=1S/C6H8N3O/c1-7-5-6(10-2)9-4-3-8-5/h3H,1-2H3,(H,7,8). The SMILES string of the molecule is CNc1nc[c]nc1OC. The van der Waals surface area contributed by atoms with Gasteiger partial charge in [0.2, 0.25) is 0 Å². The van der Waals surface area contributed by atoms with Gasteiger partial charge in [-0.2, -0.15) is 0 Å². The van der Waals surface area contributed by atoms with Gasteiger partial charge in [0.05, 0.1) is 13.3 Å². The first-order valence-electron chi connectivity index (χ1n) is 2.83. The Morgan fingerprint density at radius 3 is 3.00 bits per heavy atom. The van der Waals surface area contributed by atoms with Gasteiger partial charge in [-0.25, -0.2) is 9.97 Å². The zero-order chi connectivity index (χ0) is 7.40. The predicted molar refractivity (Wildman–Crippen MR) is 37.0 cm³/mol. The molecule has 0 atom stereocenters. The Kier molecular flexibility index (Phi) is 2.04. The molecule has 0 aliphatic heterocycles. The van der Waals surface area contributed by atoms with E-state index in [9.17, 15) is 0 Å². The maximum absolute atomic E-state index is 4.87. The van der Waals surface area contributed by atoms with Crippen LogP contribution in [-0.2, 0) is 0 Å². The number of methoxy groups -OCH3 is 1. The van der Waals surface area contributed by atoms with Crippen molar-refractivity contribution in [2.24, 2.45) is 0 Å². The lowest BCUT2D eigenvalue weighted by Crippen LogP contribution is -1.97. The maximum Gasteiger partial charge on any atom is 0.257 e. The Labute approximate surface area is 59.3 Å². The van der Waals surface area contributed by atoms with Crippen molar-refractivity contribution in [3.8, 4) is 5.88 Å². The minimum Gasteiger partial charge on any atom is -0.478 e. The predicted octanol–water partition coefficient (Wildman–Crippen LogP) is 0.327. The zero-order valence-electron chi connectivity index (χ0n) is 5.88. The summed E-state index contributed by atoms with van der Waals surface area (Å²) in [5.41, 5.74) is 0. The van der Waals surface area contributed by atoms with E-state index in [0.29, 0.717) is 11.7 Å². The first kappa shape index (κ1) is 6.80. The van der Waals surface area contributed by atoms with Crippen molar-refractivity contribution in [3.05, 3.63) is 12.4 Å². The number of hydrogen-bond donors (Lipinski definition) is 1. The maximum atomic E-state index is 4.87. The third-order valence-corrected chi connectivity index (χ3v) is 1.05. The molecule has 0 bridgehead atoms. The fourth-order valence-electron chi connectivity index (χ4n) is 0.603. The smallest absolute Gasteiger partial charge is 0.257 e. The van der Waals surface area contributed by atoms with Crippen LogP contribution in [-0.4, -0.2) is 24.1 Å². The van der Waals surface area contributed by atoms with Gasteiger partial charge in [-0.15, -0.1) is 0 Å². The fourth-order valence-corrected chi connectivity index (χ4v) is 0.603. The van der Waals surface area contributed by atoms with Gasteiger partial charge in [0.1, 0.15) is 6.20 Å². The van der Waals surface area contributed by atoms with Crippen molar-refractivity contribution >= 4 is 5.82 Å². The van der Waals surface area contributed by atoms with Gasteiger partial charge in [-0.3, -0.25) is 0 Å². The molecule has 10 heavy (non-hydrogen) atoms. The van der Waals surface area contributed by atoms with Crippen molar-refractivity contribution in [1.82, 2.24) is 9.97 Å². The van der Waals surface area contributed by atoms with Crippen LogP contribution in [0.3, 0.4) is 0 Å². The summed E-state index contributed by atoms with van der Waals surface area (Å²) >= 11 is 0. The summed E-state index contributed by atoms with van der Waals surface area (Å²) < 4.78 is 4.87. The second-order valence-electron chi connectivity index (χ2n) is 1.61. The van der Waals surface area contributed by atoms with Gasteiger partial charge in [0.15, 0.2) is 5.82 Å². The number of anilines is 1. The highest BCUT2D eigenvalue weighted by atomic mass is 16.5. The van der Waals surface area contributed by atoms with Gasteiger partial charge < -0.3 is 10.1 Å². The molecule has 4 heteroatoms. The summed E-state index contributed by atoms with van der Waals surface area (Å²) in [6.45, 7) is 0. The quantitative estimate of drug-likeness (QED) is 0.639. The monoisotopic (exact) mass is 138 g/mol. The van der Waals surface area contributed by atoms with Crippen LogP contribution in [0, 0.1) is 6.20 Å². The van der Waals surface area contributed by atoms with E-state index in [2.05, 4.69) is 21.5 Å². The lowest BCUT2D eigenvalue weighted by molar-refractivity contribution is 0.398. The zero-order valence-corrected chi connectivity index (χ0v) is 5.88. The van der Waals surface area contributed by atoms with Crippen LogP contribution >= 0.6 is 0 Å². The summed E-state index contributed by atoms with van der Waals surface area (Å²) in [7, 11) is 3.30. The average Bonchev–Trinajstić information content (AvgIpc) is 2.04. The largest absolute Gasteiger partial charge is 0.478 e. The number of ether oxygens (including phenoxy) is 1. The minimum atomic E-state index is 0.463. The Balaban J connectivity index is 2.96. The molecule has 0 aliphatic carbocycles. The Bertz CT molecular complexity index is 191. The Hall–Kier alpha value is -1.32. The topological polar surface area (TPSA) is 47.0 Å². The molecule has 0 aromatic carbocycles. The van der Waals surface area contributed by atoms with Crippen molar-refractivity contribution < 1.29 is 4.74 Å². The molecular formula is C6H8N3O. The van der Waals surface area contributed by atoms with E-state index >= 15 is 0 Å². The summed E-state index contributed by atoms with van der Waals surface area (Å²) in [6.07, 6.45) is 4.04. The number of nitrogens with one attached hydrogen (secondary N) is 1. The van der Waals surface area contributed by atoms with Crippen LogP contribution in [0.5, 0.6) is 5.88 Å². The number of nitrogens with zero attached hydrogens (tertiary/aromatic N) is 2. The van der Waals surface area contributed by atoms with E-state index in [0.717, 1.165) is 0 Å². The number of rotatable bonds is 2. The van der Waals surface area contributed by atoms with Crippen molar-refractivity contribution in [3.63, 3.8) is 0 Å². The average molecular weight is 138 g/mol. The first-order chi connectivity index (χ1) is 4.88. The molecule has 0 spiro atoms. The molecular weight excluding hydrogens is 130 g/mol. The van der Waals surface area contributed by atoms with E-state index in [-0.39, 0.29) is 0 Å². The van der Waals surface area contributed by atoms with Crippen LogP contribution in [0.25, 0.3) is 0 Å². The molecule has 53 valence electrons. The van der Waals surface area contributed by atoms with Gasteiger partial charge in [0, 0.05) is 7.05 Å². The summed E-state index contributed by atoms with van der Waals surface area (Å²) in [4.78, 5) is 7.71. The van der Waals surface area contributed by atoms with E-state index in [1.165, 1.54) is 6.20 Å². The minimum absolute atomic E-state index is 0.463. The Morgan fingerprint density at radius 1 is 1.70 bits per heavy atom. The molecule has 0 saturated carbocycles. The van der Waals surface area contributed by atoms with E-state index < -0.39 is 0 Å². The van der Waals surface area contributed by atoms with Crippen LogP contribution in [0.1, 0.15) is 0 Å². The molecule has 1 heterocycles. The lowest BCUT2D eigenvalue weighted by atomic mass is 10.6. The number of aromatic nitrogens is 2. The number of hydrogen-bond acceptors (Lipinski definition) is 4. The molecule has 1 rings (SSSR count). The lowest BCUT2D eigenvalue weighted by Gasteiger charge is -2.02. The summed E-state index contributed by atoms with van der Waals surface area (Å²) in [6, 6.07) is 0. The van der Waals surface area contributed by atoms with Gasteiger partial charge in [-0.1, -0.05) is 0 Å². The third-order valence-electron chi connectivity index (χ3n) is 1.05. The summed E-state index contributed by atoms with van der Waals surface area (Å²) in [5.74, 6) is 1.09. The molecule has 0 unspecified atom stereocenters. The van der Waals surface area contributed by atoms with Crippen LogP contribution in [0.4, 0.5) is 5.82 Å². The van der Waals surface area contributed by atoms with E-state index in [1.807, 2.05) is 0 Å². The summed E-state index contributed by atoms with van der Waals surface area (Å²) in [5, 5.41) is 2.83. The second kappa shape index (κ2) is 3.00. The van der Waals surface area contributed by atoms with Gasteiger partial charge in [0.25, 0.3) is 5.88 Å². The molecule has 0 fully saturated rings. The molecule has 1 radical (unpaired) electrons. The Morgan fingerprint density at radius 2 is 2.50 bits per heavy atom. The third kappa shape index (κ3) is 1.15. The molecule has 4 nitrogen and oxygen atoms in total. The van der Waals surface area contributed by atoms with Crippen molar-refractivity contribution in [2.45, 2.75) is 0 Å². The highest BCUT2D eigenvalue weighted by Crippen LogP contribution is 2.14. The molecule has 1 aromatic rings. The molecule has 0 amide bonds. The van der Waals surface area contributed by atoms with Crippen molar-refractivity contribution in [1.29, 1.82) is 0 Å². The van der Waals surface area contributed by atoms with Crippen LogP contribution in [0.15, 0.2) is 6.20 Å².